The van der Waals surface area contributed by atoms with Gasteiger partial charge in [0.1, 0.15) is 4.88 Å². The number of aliphatic hydroxyl groups is 1. The first-order valence-electron chi connectivity index (χ1n) is 6.23. The molecule has 100 valence electrons. The molecule has 0 spiro atoms. The van der Waals surface area contributed by atoms with Crippen LogP contribution < -0.4 is 5.73 Å². The summed E-state index contributed by atoms with van der Waals surface area (Å²) in [5.74, 6) is -0.386. The van der Waals surface area contributed by atoms with Crippen LogP contribution in [-0.4, -0.2) is 23.8 Å². The molecule has 1 aromatic rings. The molecular formula is C13H19NO3S. The fourth-order valence-corrected chi connectivity index (χ4v) is 3.47. The van der Waals surface area contributed by atoms with Crippen LogP contribution in [-0.2, 0) is 11.2 Å². The van der Waals surface area contributed by atoms with E-state index in [9.17, 15) is 9.90 Å². The molecule has 2 rings (SSSR count). The van der Waals surface area contributed by atoms with Crippen LogP contribution in [0, 0.1) is 0 Å². The van der Waals surface area contributed by atoms with Crippen LogP contribution in [0.2, 0.25) is 0 Å². The number of carbonyl (C=O) groups is 1. The summed E-state index contributed by atoms with van der Waals surface area (Å²) in [6.45, 7) is 0. The van der Waals surface area contributed by atoms with Gasteiger partial charge in [-0.2, -0.15) is 0 Å². The summed E-state index contributed by atoms with van der Waals surface area (Å²) in [6, 6.07) is 1.81. The number of aryl methyl sites for hydroxylation is 1. The van der Waals surface area contributed by atoms with E-state index in [0.29, 0.717) is 10.6 Å². The highest BCUT2D eigenvalue weighted by molar-refractivity contribution is 7.14. The maximum atomic E-state index is 11.4. The predicted octanol–water partition coefficient (Wildman–Crippen LogP) is 2.35. The minimum absolute atomic E-state index is 0.386. The van der Waals surface area contributed by atoms with Crippen LogP contribution in [0.1, 0.15) is 46.7 Å². The molecule has 1 aliphatic rings. The second kappa shape index (κ2) is 5.28. The summed E-state index contributed by atoms with van der Waals surface area (Å²) in [5.41, 5.74) is 5.74. The van der Waals surface area contributed by atoms with E-state index in [4.69, 9.17) is 5.73 Å². The Labute approximate surface area is 111 Å². The molecule has 0 bridgehead atoms. The van der Waals surface area contributed by atoms with E-state index in [2.05, 4.69) is 4.74 Å². The minimum atomic E-state index is -0.510. The highest BCUT2D eigenvalue weighted by Gasteiger charge is 2.30. The van der Waals surface area contributed by atoms with E-state index in [1.165, 1.54) is 18.4 Å². The largest absolute Gasteiger partial charge is 0.465 e. The Balaban J connectivity index is 2.00. The first kappa shape index (κ1) is 13.4. The van der Waals surface area contributed by atoms with E-state index in [1.54, 1.807) is 0 Å². The number of nitrogen functional groups attached to an aromatic ring is 1. The van der Waals surface area contributed by atoms with Crippen molar-refractivity contribution in [1.29, 1.82) is 0 Å². The van der Waals surface area contributed by atoms with E-state index < -0.39 is 5.60 Å². The average molecular weight is 269 g/mol. The summed E-state index contributed by atoms with van der Waals surface area (Å²) in [6.07, 6.45) is 5.50. The average Bonchev–Trinajstić information content (AvgIpc) is 2.93. The normalized spacial score (nSPS) is 17.9. The van der Waals surface area contributed by atoms with E-state index in [-0.39, 0.29) is 5.97 Å². The fourth-order valence-electron chi connectivity index (χ4n) is 2.47. The monoisotopic (exact) mass is 269 g/mol. The highest BCUT2D eigenvalue weighted by Crippen LogP contribution is 2.35. The lowest BCUT2D eigenvalue weighted by atomic mass is 9.96. The summed E-state index contributed by atoms with van der Waals surface area (Å²) in [5, 5.41) is 10.3. The maximum Gasteiger partial charge on any atom is 0.350 e. The molecule has 0 aromatic carbocycles. The molecule has 0 saturated heterocycles. The maximum absolute atomic E-state index is 11.4. The van der Waals surface area contributed by atoms with Crippen LogP contribution >= 0.6 is 11.3 Å². The first-order valence-corrected chi connectivity index (χ1v) is 7.05. The highest BCUT2D eigenvalue weighted by atomic mass is 32.1. The second-order valence-corrected chi connectivity index (χ2v) is 6.06. The van der Waals surface area contributed by atoms with Crippen molar-refractivity contribution in [2.75, 3.05) is 12.8 Å². The van der Waals surface area contributed by atoms with Crippen LogP contribution in [0.15, 0.2) is 6.07 Å². The molecule has 5 heteroatoms. The molecular weight excluding hydrogens is 250 g/mol. The van der Waals surface area contributed by atoms with Crippen LogP contribution in [0.3, 0.4) is 0 Å². The van der Waals surface area contributed by atoms with Crippen LogP contribution in [0.5, 0.6) is 0 Å². The molecule has 0 amide bonds. The van der Waals surface area contributed by atoms with Gasteiger partial charge in [-0.25, -0.2) is 4.79 Å². The van der Waals surface area contributed by atoms with Crippen molar-refractivity contribution >= 4 is 23.0 Å². The number of rotatable bonds is 4. The molecule has 3 N–H and O–H groups in total. The van der Waals surface area contributed by atoms with Crippen molar-refractivity contribution in [3.63, 3.8) is 0 Å². The van der Waals surface area contributed by atoms with Gasteiger partial charge in [0.15, 0.2) is 0 Å². The molecule has 18 heavy (non-hydrogen) atoms. The fraction of sp³-hybridized carbons (Fsp3) is 0.615. The van der Waals surface area contributed by atoms with Gasteiger partial charge in [-0.3, -0.25) is 0 Å². The van der Waals surface area contributed by atoms with E-state index >= 15 is 0 Å². The van der Waals surface area contributed by atoms with Crippen molar-refractivity contribution in [3.05, 3.63) is 15.8 Å². The Bertz CT molecular complexity index is 435. The van der Waals surface area contributed by atoms with Gasteiger partial charge in [0.05, 0.1) is 18.4 Å². The smallest absolute Gasteiger partial charge is 0.350 e. The predicted molar refractivity (Wildman–Crippen MR) is 71.8 cm³/mol. The van der Waals surface area contributed by atoms with Gasteiger partial charge in [-0.1, -0.05) is 12.8 Å². The summed E-state index contributed by atoms with van der Waals surface area (Å²) in [4.78, 5) is 12.9. The third kappa shape index (κ3) is 2.84. The number of esters is 1. The molecule has 1 aromatic heterocycles. The van der Waals surface area contributed by atoms with Gasteiger partial charge in [0.2, 0.25) is 0 Å². The first-order chi connectivity index (χ1) is 8.54. The Morgan fingerprint density at radius 3 is 2.83 bits per heavy atom. The standard InChI is InChI=1S/C13H19NO3S/c1-17-12(15)11-10(14)8-9(18-11)4-7-13(16)5-2-3-6-13/h8,16H,2-7,14H2,1H3. The molecule has 0 unspecified atom stereocenters. The molecule has 1 saturated carbocycles. The second-order valence-electron chi connectivity index (χ2n) is 4.92. The van der Waals surface area contributed by atoms with Crippen molar-refractivity contribution < 1.29 is 14.6 Å². The lowest BCUT2D eigenvalue weighted by Crippen LogP contribution is -2.24. The molecule has 1 fully saturated rings. The van der Waals surface area contributed by atoms with E-state index in [1.807, 2.05) is 6.07 Å². The minimum Gasteiger partial charge on any atom is -0.465 e. The van der Waals surface area contributed by atoms with Crippen LogP contribution in [0.4, 0.5) is 5.69 Å². The number of anilines is 1. The number of carbonyl (C=O) groups excluding carboxylic acids is 1. The lowest BCUT2D eigenvalue weighted by Gasteiger charge is -2.21. The Kier molecular flexibility index (Phi) is 3.92. The number of methoxy groups -OCH3 is 1. The Morgan fingerprint density at radius 2 is 2.22 bits per heavy atom. The van der Waals surface area contributed by atoms with Crippen LogP contribution in [0.25, 0.3) is 0 Å². The number of hydrogen-bond donors (Lipinski definition) is 2. The Morgan fingerprint density at radius 1 is 1.56 bits per heavy atom. The SMILES string of the molecule is COC(=O)c1sc(CCC2(O)CCCC2)cc1N. The molecule has 1 aliphatic carbocycles. The zero-order valence-electron chi connectivity index (χ0n) is 10.6. The van der Waals surface area contributed by atoms with Gasteiger partial charge in [-0.05, 0) is 31.7 Å². The topological polar surface area (TPSA) is 72.5 Å². The zero-order chi connectivity index (χ0) is 13.2. The summed E-state index contributed by atoms with van der Waals surface area (Å²) < 4.78 is 4.67. The number of thiophene rings is 1. The molecule has 4 nitrogen and oxygen atoms in total. The number of hydrogen-bond acceptors (Lipinski definition) is 5. The van der Waals surface area contributed by atoms with Gasteiger partial charge < -0.3 is 15.6 Å². The number of nitrogens with two attached hydrogens (primary N) is 1. The quantitative estimate of drug-likeness (QED) is 0.823. The van der Waals surface area contributed by atoms with Crippen molar-refractivity contribution in [3.8, 4) is 0 Å². The molecule has 0 atom stereocenters. The number of ether oxygens (including phenoxy) is 1. The van der Waals surface area contributed by atoms with Gasteiger partial charge >= 0.3 is 5.97 Å². The van der Waals surface area contributed by atoms with Crippen molar-refractivity contribution in [2.24, 2.45) is 0 Å². The molecule has 0 aliphatic heterocycles. The van der Waals surface area contributed by atoms with Crippen molar-refractivity contribution in [2.45, 2.75) is 44.1 Å². The Hall–Kier alpha value is -1.07. The van der Waals surface area contributed by atoms with E-state index in [0.717, 1.165) is 43.4 Å². The lowest BCUT2D eigenvalue weighted by molar-refractivity contribution is 0.0393. The van der Waals surface area contributed by atoms with Crippen molar-refractivity contribution in [1.82, 2.24) is 0 Å². The molecule has 1 heterocycles. The zero-order valence-corrected chi connectivity index (χ0v) is 11.4. The molecule has 0 radical (unpaired) electrons. The van der Waals surface area contributed by atoms with Gasteiger partial charge in [0, 0.05) is 4.88 Å². The third-order valence-corrected chi connectivity index (χ3v) is 4.74. The summed E-state index contributed by atoms with van der Waals surface area (Å²) >= 11 is 1.36. The summed E-state index contributed by atoms with van der Waals surface area (Å²) in [7, 11) is 1.35. The van der Waals surface area contributed by atoms with Gasteiger partial charge in [0.25, 0.3) is 0 Å². The third-order valence-electron chi connectivity index (χ3n) is 3.55. The van der Waals surface area contributed by atoms with Gasteiger partial charge in [-0.15, -0.1) is 11.3 Å².